The number of halogens is 1. The molecule has 1 aliphatic carbocycles. The Morgan fingerprint density at radius 1 is 1.80 bits per heavy atom. The number of rotatable bonds is 2. The topological polar surface area (TPSA) is 35.5 Å². The Morgan fingerprint density at radius 3 is 2.80 bits per heavy atom. The fourth-order valence-corrected chi connectivity index (χ4v) is 1.25. The minimum atomic E-state index is -0.591. The van der Waals surface area contributed by atoms with E-state index in [1.165, 1.54) is 7.11 Å². The van der Waals surface area contributed by atoms with E-state index in [1.807, 2.05) is 0 Å². The van der Waals surface area contributed by atoms with Gasteiger partial charge >= 0.3 is 6.16 Å². The Balaban J connectivity index is 2.00. The summed E-state index contributed by atoms with van der Waals surface area (Å²) < 4.78 is 8.98. The molecule has 1 rings (SSSR count). The van der Waals surface area contributed by atoms with E-state index >= 15 is 0 Å². The second-order valence-corrected chi connectivity index (χ2v) is 3.45. The van der Waals surface area contributed by atoms with Crippen LogP contribution in [0.5, 0.6) is 0 Å². The molecule has 0 heterocycles. The first-order chi connectivity index (χ1) is 4.74. The van der Waals surface area contributed by atoms with Crippen LogP contribution in [0.1, 0.15) is 6.42 Å². The predicted octanol–water partition coefficient (Wildman–Crippen LogP) is 1.55. The largest absolute Gasteiger partial charge is 0.507 e. The maximum atomic E-state index is 10.4. The summed E-state index contributed by atoms with van der Waals surface area (Å²) in [6.45, 7) is 0.475. The van der Waals surface area contributed by atoms with Crippen LogP contribution in [0.2, 0.25) is 0 Å². The highest BCUT2D eigenvalue weighted by atomic mass is 79.9. The van der Waals surface area contributed by atoms with Crippen molar-refractivity contribution in [3.05, 3.63) is 0 Å². The number of ether oxygens (including phenoxy) is 2. The van der Waals surface area contributed by atoms with Gasteiger partial charge in [0.05, 0.1) is 13.7 Å². The first kappa shape index (κ1) is 7.85. The predicted molar refractivity (Wildman–Crippen MR) is 39.2 cm³/mol. The summed E-state index contributed by atoms with van der Waals surface area (Å²) in [6.07, 6.45) is 0.503. The quantitative estimate of drug-likeness (QED) is 0.511. The Hall–Kier alpha value is -0.250. The Labute approximate surface area is 67.8 Å². The third-order valence-electron chi connectivity index (χ3n) is 1.42. The van der Waals surface area contributed by atoms with Gasteiger partial charge in [0.25, 0.3) is 0 Å². The maximum Gasteiger partial charge on any atom is 0.507 e. The summed E-state index contributed by atoms with van der Waals surface area (Å²) in [6, 6.07) is 0. The Kier molecular flexibility index (Phi) is 2.54. The van der Waals surface area contributed by atoms with Crippen molar-refractivity contribution >= 4 is 22.1 Å². The van der Waals surface area contributed by atoms with Crippen LogP contribution < -0.4 is 0 Å². The van der Waals surface area contributed by atoms with Crippen LogP contribution in [0.15, 0.2) is 0 Å². The van der Waals surface area contributed by atoms with Crippen LogP contribution in [-0.4, -0.2) is 24.7 Å². The lowest BCUT2D eigenvalue weighted by Gasteiger charge is -1.99. The van der Waals surface area contributed by atoms with Gasteiger partial charge in [0.15, 0.2) is 0 Å². The summed E-state index contributed by atoms with van der Waals surface area (Å²) >= 11 is 3.39. The smallest absolute Gasteiger partial charge is 0.438 e. The Bertz CT molecular complexity index is 137. The minimum Gasteiger partial charge on any atom is -0.438 e. The minimum absolute atomic E-state index is 0.475. The summed E-state index contributed by atoms with van der Waals surface area (Å²) in [5, 5.41) is 0. The van der Waals surface area contributed by atoms with Gasteiger partial charge in [-0.05, 0) is 6.42 Å². The van der Waals surface area contributed by atoms with Crippen molar-refractivity contribution in [2.45, 2.75) is 11.2 Å². The molecule has 0 unspecified atom stereocenters. The highest BCUT2D eigenvalue weighted by molar-refractivity contribution is 9.09. The summed E-state index contributed by atoms with van der Waals surface area (Å²) in [5.41, 5.74) is 0. The van der Waals surface area contributed by atoms with E-state index in [9.17, 15) is 4.79 Å². The molecule has 1 fully saturated rings. The van der Waals surface area contributed by atoms with Crippen molar-refractivity contribution in [1.29, 1.82) is 0 Å². The van der Waals surface area contributed by atoms with Crippen LogP contribution in [-0.2, 0) is 9.47 Å². The zero-order valence-electron chi connectivity index (χ0n) is 5.67. The first-order valence-electron chi connectivity index (χ1n) is 3.09. The number of alkyl halides is 1. The molecule has 0 amide bonds. The molecule has 1 aliphatic rings. The van der Waals surface area contributed by atoms with Crippen LogP contribution in [0.25, 0.3) is 0 Å². The number of methoxy groups -OCH3 is 1. The fraction of sp³-hybridized carbons (Fsp3) is 0.833. The fourth-order valence-electron chi connectivity index (χ4n) is 0.617. The lowest BCUT2D eigenvalue weighted by molar-refractivity contribution is 0.0693. The molecule has 1 saturated carbocycles. The van der Waals surface area contributed by atoms with Gasteiger partial charge in [0.1, 0.15) is 0 Å². The van der Waals surface area contributed by atoms with Gasteiger partial charge in [-0.25, -0.2) is 4.79 Å². The zero-order chi connectivity index (χ0) is 7.56. The highest BCUT2D eigenvalue weighted by Crippen LogP contribution is 2.37. The second kappa shape index (κ2) is 3.23. The van der Waals surface area contributed by atoms with E-state index in [0.29, 0.717) is 17.4 Å². The molecular formula is C6H9BrO3. The van der Waals surface area contributed by atoms with Crippen LogP contribution >= 0.6 is 15.9 Å². The van der Waals surface area contributed by atoms with Gasteiger partial charge in [-0.3, -0.25) is 0 Å². The molecule has 2 atom stereocenters. The van der Waals surface area contributed by atoms with Crippen LogP contribution in [0.4, 0.5) is 4.79 Å². The van der Waals surface area contributed by atoms with E-state index in [-0.39, 0.29) is 0 Å². The molecule has 0 saturated heterocycles. The van der Waals surface area contributed by atoms with E-state index < -0.39 is 6.16 Å². The van der Waals surface area contributed by atoms with E-state index in [4.69, 9.17) is 4.74 Å². The number of hydrogen-bond acceptors (Lipinski definition) is 3. The van der Waals surface area contributed by atoms with Gasteiger partial charge in [-0.15, -0.1) is 0 Å². The van der Waals surface area contributed by atoms with E-state index in [2.05, 4.69) is 20.7 Å². The average Bonchev–Trinajstić information content (AvgIpc) is 2.61. The molecule has 0 radical (unpaired) electrons. The van der Waals surface area contributed by atoms with Gasteiger partial charge < -0.3 is 9.47 Å². The second-order valence-electron chi connectivity index (χ2n) is 2.28. The summed E-state index contributed by atoms with van der Waals surface area (Å²) in [5.74, 6) is 0.499. The molecule has 3 nitrogen and oxygen atoms in total. The van der Waals surface area contributed by atoms with Crippen molar-refractivity contribution in [2.24, 2.45) is 5.92 Å². The number of carbonyl (C=O) groups excluding carboxylic acids is 1. The first-order valence-corrected chi connectivity index (χ1v) is 4.00. The summed E-state index contributed by atoms with van der Waals surface area (Å²) in [4.78, 5) is 10.9. The van der Waals surface area contributed by atoms with Gasteiger partial charge in [-0.2, -0.15) is 0 Å². The average molecular weight is 209 g/mol. The lowest BCUT2D eigenvalue weighted by Crippen LogP contribution is -2.07. The SMILES string of the molecule is COC(=O)OC[C@@H]1C[C@H]1Br. The standard InChI is InChI=1S/C6H9BrO3/c1-9-6(8)10-3-4-2-5(4)7/h4-5H,2-3H2,1H3/t4-,5+/m0/s1. The van der Waals surface area contributed by atoms with Crippen molar-refractivity contribution in [3.8, 4) is 0 Å². The summed E-state index contributed by atoms with van der Waals surface area (Å²) in [7, 11) is 1.31. The van der Waals surface area contributed by atoms with Crippen molar-refractivity contribution in [2.75, 3.05) is 13.7 Å². The van der Waals surface area contributed by atoms with Gasteiger partial charge in [0, 0.05) is 10.7 Å². The number of hydrogen-bond donors (Lipinski definition) is 0. The monoisotopic (exact) mass is 208 g/mol. The zero-order valence-corrected chi connectivity index (χ0v) is 7.26. The molecule has 58 valence electrons. The molecular weight excluding hydrogens is 200 g/mol. The normalized spacial score (nSPS) is 29.4. The van der Waals surface area contributed by atoms with Crippen molar-refractivity contribution in [1.82, 2.24) is 0 Å². The van der Waals surface area contributed by atoms with Gasteiger partial charge in [-0.1, -0.05) is 15.9 Å². The molecule has 0 bridgehead atoms. The number of carbonyl (C=O) groups is 1. The van der Waals surface area contributed by atoms with Crippen molar-refractivity contribution in [3.63, 3.8) is 0 Å². The molecule has 0 aromatic rings. The lowest BCUT2D eigenvalue weighted by atomic mass is 10.5. The molecule has 0 N–H and O–H groups in total. The van der Waals surface area contributed by atoms with Gasteiger partial charge in [0.2, 0.25) is 0 Å². The molecule has 4 heteroatoms. The molecule has 0 aliphatic heterocycles. The molecule has 0 aromatic carbocycles. The van der Waals surface area contributed by atoms with Crippen LogP contribution in [0.3, 0.4) is 0 Å². The van der Waals surface area contributed by atoms with E-state index in [1.54, 1.807) is 0 Å². The maximum absolute atomic E-state index is 10.4. The third-order valence-corrected chi connectivity index (χ3v) is 2.54. The van der Waals surface area contributed by atoms with Crippen molar-refractivity contribution < 1.29 is 14.3 Å². The Morgan fingerprint density at radius 2 is 2.40 bits per heavy atom. The van der Waals surface area contributed by atoms with E-state index in [0.717, 1.165) is 6.42 Å². The molecule has 0 aromatic heterocycles. The molecule has 0 spiro atoms. The van der Waals surface area contributed by atoms with Crippen LogP contribution in [0, 0.1) is 5.92 Å². The highest BCUT2D eigenvalue weighted by Gasteiger charge is 2.35. The molecule has 10 heavy (non-hydrogen) atoms. The third kappa shape index (κ3) is 2.17.